The van der Waals surface area contributed by atoms with Crippen LogP contribution >= 0.6 is 0 Å². The molecule has 654 valence electrons. The molecule has 0 unspecified atom stereocenters. The molecule has 3 fully saturated rings. The van der Waals surface area contributed by atoms with Crippen molar-refractivity contribution in [2.45, 2.75) is 77.4 Å². The highest BCUT2D eigenvalue weighted by Gasteiger charge is 2.34. The fourth-order valence-electron chi connectivity index (χ4n) is 16.9. The lowest BCUT2D eigenvalue weighted by Gasteiger charge is -2.34. The van der Waals surface area contributed by atoms with E-state index in [9.17, 15) is 28.8 Å². The van der Waals surface area contributed by atoms with Crippen LogP contribution in [0, 0.1) is 35.5 Å². The largest absolute Gasteiger partial charge is 0.495 e. The van der Waals surface area contributed by atoms with Crippen molar-refractivity contribution in [3.05, 3.63) is 153 Å². The molecule has 3 aromatic carbocycles. The van der Waals surface area contributed by atoms with Crippen LogP contribution in [0.15, 0.2) is 136 Å². The number of rotatable bonds is 10. The number of hydrogen-bond acceptors (Lipinski definition) is 28. The van der Waals surface area contributed by atoms with E-state index >= 15 is 0 Å². The third-order valence-electron chi connectivity index (χ3n) is 24.0. The van der Waals surface area contributed by atoms with E-state index < -0.39 is 0 Å². The zero-order chi connectivity index (χ0) is 87.5. The van der Waals surface area contributed by atoms with E-state index in [-0.39, 0.29) is 73.9 Å². The van der Waals surface area contributed by atoms with E-state index in [1.165, 1.54) is 38.3 Å². The summed E-state index contributed by atoms with van der Waals surface area (Å²) < 4.78 is 32.3. The number of aromatic nitrogens is 15. The van der Waals surface area contributed by atoms with Gasteiger partial charge in [-0.25, -0.2) is 58.0 Å². The zero-order valence-corrected chi connectivity index (χ0v) is 71.6. The van der Waals surface area contributed by atoms with Gasteiger partial charge in [-0.05, 0) is 151 Å². The molecule has 0 spiro atoms. The Kier molecular flexibility index (Phi) is 23.5. The number of methoxy groups -OCH3 is 1. The molecule has 3 amide bonds. The third kappa shape index (κ3) is 17.1. The molecule has 0 atom stereocenters. The number of hydrogen-bond donors (Lipinski definition) is 3. The van der Waals surface area contributed by atoms with Gasteiger partial charge in [0.1, 0.15) is 41.5 Å². The first-order chi connectivity index (χ1) is 62.6. The summed E-state index contributed by atoms with van der Waals surface area (Å²) in [5.74, 6) is 24.4. The van der Waals surface area contributed by atoms with Crippen molar-refractivity contribution in [1.82, 2.24) is 87.6 Å². The number of benzene rings is 3. The van der Waals surface area contributed by atoms with Gasteiger partial charge in [-0.3, -0.25) is 43.5 Å². The average Bonchev–Trinajstić information content (AvgIpc) is 1.58. The highest BCUT2D eigenvalue weighted by molar-refractivity contribution is 5.99. The van der Waals surface area contributed by atoms with Gasteiger partial charge >= 0.3 is 0 Å². The Morgan fingerprint density at radius 1 is 0.359 bits per heavy atom. The normalized spacial score (nSPS) is 17.2. The molecule has 3 N–H and O–H groups in total. The molecular weight excluding hydrogens is 1630 g/mol. The van der Waals surface area contributed by atoms with E-state index in [1.54, 1.807) is 72.3 Å². The van der Waals surface area contributed by atoms with Crippen LogP contribution in [0.5, 0.6) is 23.0 Å². The zero-order valence-electron chi connectivity index (χ0n) is 71.6. The predicted molar refractivity (Wildman–Crippen MR) is 486 cm³/mol. The minimum absolute atomic E-state index is 0.0242. The number of nitrogens with one attached hydrogen (secondary N) is 3. The molecular formula is C91H95N27O10. The number of carbonyl (C=O) groups is 3. The fraction of sp³-hybridized carbons (Fsp3) is 0.374. The van der Waals surface area contributed by atoms with Crippen molar-refractivity contribution in [3.8, 4) is 76.0 Å². The van der Waals surface area contributed by atoms with Gasteiger partial charge in [0.25, 0.3) is 34.4 Å². The van der Waals surface area contributed by atoms with E-state index in [0.717, 1.165) is 151 Å². The van der Waals surface area contributed by atoms with Crippen molar-refractivity contribution in [2.75, 3.05) is 192 Å². The Bertz CT molecular complexity index is 6700. The van der Waals surface area contributed by atoms with Crippen molar-refractivity contribution in [1.29, 1.82) is 0 Å². The molecule has 12 aromatic rings. The Morgan fingerprint density at radius 3 is 1.12 bits per heavy atom. The molecule has 9 aliphatic heterocycles. The minimum atomic E-state index is -0.280. The lowest BCUT2D eigenvalue weighted by Crippen LogP contribution is -2.44. The number of pyridine rings is 3. The van der Waals surface area contributed by atoms with E-state index in [1.807, 2.05) is 42.5 Å². The van der Waals surface area contributed by atoms with Crippen LogP contribution < -0.4 is 81.0 Å². The minimum Gasteiger partial charge on any atom is -0.495 e. The van der Waals surface area contributed by atoms with E-state index in [2.05, 4.69) is 141 Å². The van der Waals surface area contributed by atoms with Crippen molar-refractivity contribution >= 4 is 120 Å². The quantitative estimate of drug-likeness (QED) is 0.114. The number of likely N-dealkylation sites (N-methyl/N-ethyl adjacent to an activating group) is 3. The first kappa shape index (κ1) is 82.7. The number of anilines is 12. The van der Waals surface area contributed by atoms with Gasteiger partial charge in [-0.15, -0.1) is 17.8 Å². The molecule has 128 heavy (non-hydrogen) atoms. The summed E-state index contributed by atoms with van der Waals surface area (Å²) in [6, 6.07) is 32.9. The molecule has 9 aliphatic rings. The summed E-state index contributed by atoms with van der Waals surface area (Å²) in [5, 5.41) is 10.9. The van der Waals surface area contributed by atoms with Crippen molar-refractivity contribution in [3.63, 3.8) is 0 Å². The molecule has 21 rings (SSSR count). The van der Waals surface area contributed by atoms with Gasteiger partial charge in [0.05, 0.1) is 12.8 Å². The summed E-state index contributed by atoms with van der Waals surface area (Å²) >= 11 is 0. The SMILES string of the molecule is CN1CCN(c2ccc(Nc3ncc4c(=O)n5n(c4n3)-c3ccc4c(n3)N(CCCCC#CC5)C(=O)CO4)cc2)CC1.CN1CCN(c2cccc(Nc3ncc4c(=O)n5n(c4n3)-c3ccc4c(n3)N(CCCCC#CC5)C(=O)CO4)c2)CC1.COc1cc(Nc2ncc3c(=O)n4n(c3n2)-c2ccc3c(n2)N(CCCCC#CC4)C(=O)CO3)ccc1N1CCN(C)CC1. The number of amides is 3. The maximum atomic E-state index is 13.6. The van der Waals surface area contributed by atoms with Crippen LogP contribution in [0.3, 0.4) is 0 Å². The Balaban J connectivity index is 0.000000125. The highest BCUT2D eigenvalue weighted by atomic mass is 16.5. The molecule has 18 heterocycles. The molecule has 3 saturated heterocycles. The second-order valence-corrected chi connectivity index (χ2v) is 32.5. The van der Waals surface area contributed by atoms with Crippen LogP contribution in [-0.2, 0) is 34.0 Å². The number of carbonyl (C=O) groups excluding carboxylic acids is 3. The van der Waals surface area contributed by atoms with Gasteiger partial charge < -0.3 is 64.3 Å². The van der Waals surface area contributed by atoms with E-state index in [4.69, 9.17) is 48.9 Å². The van der Waals surface area contributed by atoms with Gasteiger partial charge in [0, 0.05) is 171 Å². The lowest BCUT2D eigenvalue weighted by atomic mass is 10.2. The first-order valence-electron chi connectivity index (χ1n) is 43.3. The molecule has 37 nitrogen and oxygen atoms in total. The number of piperazine rings is 3. The fourth-order valence-corrected chi connectivity index (χ4v) is 16.9. The highest BCUT2D eigenvalue weighted by Crippen LogP contribution is 2.38. The number of fused-ring (bicyclic) bond motifs is 15. The molecule has 0 radical (unpaired) electrons. The standard InChI is InChI=1S/C31H33N9O4.2C30H31N9O3/c1-36-14-16-37(17-15-36)23-9-8-21(18-25(23)43-2)33-31-32-19-22-28(35-31)40-26-11-10-24-29(34-26)38(27(41)20-44-24)12-6-4-3-5-7-13-39(40)30(22)42;1-35-15-17-36(18-16-35)22-9-7-21(8-10-22)32-30-31-19-23-27(34-30)39-25-12-11-24-28(33-25)37(26(40)20-42-24)13-5-3-2-4-6-14-38(39)29(23)41;1-35-14-16-36(17-15-35)22-9-7-8-21(18-22)32-30-31-19-23-27(34-30)39-25-11-10-24-28(33-25)37(26(40)20-42-24)12-5-3-2-4-6-13-38(39)29(23)41/h8-11,18-19H,3-4,6,12-17,20H2,1-2H3,(H,32,33,35);7-12,19H,2-3,5,13-18,20H2,1H3,(H,31,32,34);7-11,18-19H,2-3,5,12-17,20H2,1H3,(H,31,32,34). The summed E-state index contributed by atoms with van der Waals surface area (Å²) in [7, 11) is 8.08. The Hall–Kier alpha value is -14.9. The Morgan fingerprint density at radius 2 is 0.727 bits per heavy atom. The molecule has 6 bridgehead atoms. The molecule has 9 aromatic heterocycles. The van der Waals surface area contributed by atoms with Gasteiger partial charge in [0.15, 0.2) is 88.9 Å². The summed E-state index contributed by atoms with van der Waals surface area (Å²) in [4.78, 5) is 140. The summed E-state index contributed by atoms with van der Waals surface area (Å²) in [6.45, 7) is 13.8. The van der Waals surface area contributed by atoms with Crippen molar-refractivity contribution in [2.24, 2.45) is 0 Å². The summed E-state index contributed by atoms with van der Waals surface area (Å²) in [6.07, 6.45) is 11.5. The second-order valence-electron chi connectivity index (χ2n) is 32.5. The molecule has 37 heteroatoms. The van der Waals surface area contributed by atoms with Crippen LogP contribution in [0.25, 0.3) is 50.6 Å². The topological polar surface area (TPSA) is 350 Å². The number of ether oxygens (including phenoxy) is 4. The predicted octanol–water partition coefficient (Wildman–Crippen LogP) is 7.16. The van der Waals surface area contributed by atoms with E-state index in [0.29, 0.717) is 142 Å². The van der Waals surface area contributed by atoms with Crippen LogP contribution in [0.4, 0.5) is 69.4 Å². The molecule has 0 aliphatic carbocycles. The van der Waals surface area contributed by atoms with Gasteiger partial charge in [-0.1, -0.05) is 23.8 Å². The maximum Gasteiger partial charge on any atom is 0.279 e. The third-order valence-corrected chi connectivity index (χ3v) is 24.0. The Labute approximate surface area is 735 Å². The smallest absolute Gasteiger partial charge is 0.279 e. The maximum absolute atomic E-state index is 13.6. The molecule has 0 saturated carbocycles. The van der Waals surface area contributed by atoms with Crippen LogP contribution in [0.1, 0.15) is 57.8 Å². The monoisotopic (exact) mass is 1730 g/mol. The van der Waals surface area contributed by atoms with Crippen LogP contribution in [-0.4, -0.2) is 252 Å². The lowest BCUT2D eigenvalue weighted by molar-refractivity contribution is -0.122. The van der Waals surface area contributed by atoms with Gasteiger partial charge in [0.2, 0.25) is 17.8 Å². The second kappa shape index (κ2) is 36.4. The number of nitrogens with zero attached hydrogens (tertiary/aromatic N) is 24. The summed E-state index contributed by atoms with van der Waals surface area (Å²) in [5.41, 5.74) is 6.13. The van der Waals surface area contributed by atoms with Gasteiger partial charge in [-0.2, -0.15) is 15.0 Å². The first-order valence-corrected chi connectivity index (χ1v) is 43.3. The van der Waals surface area contributed by atoms with Crippen molar-refractivity contribution < 1.29 is 33.3 Å². The average molecular weight is 1730 g/mol. The van der Waals surface area contributed by atoms with Crippen LogP contribution in [0.2, 0.25) is 0 Å².